The Morgan fingerprint density at radius 1 is 1.40 bits per heavy atom. The van der Waals surface area contributed by atoms with E-state index in [0.29, 0.717) is 18.0 Å². The SMILES string of the molecule is O=C(O)c1cc2ccccc2n1CCS. The second-order valence-corrected chi connectivity index (χ2v) is 3.72. The highest BCUT2D eigenvalue weighted by atomic mass is 32.1. The standard InChI is InChI=1S/C11H11NO2S/c13-11(14)10-7-8-3-1-2-4-9(8)12(10)5-6-15/h1-4,7,15H,5-6H2,(H,13,14). The molecule has 0 saturated heterocycles. The molecule has 2 aromatic rings. The van der Waals surface area contributed by atoms with Gasteiger partial charge in [-0.15, -0.1) is 0 Å². The number of hydrogen-bond acceptors (Lipinski definition) is 2. The van der Waals surface area contributed by atoms with E-state index in [2.05, 4.69) is 12.6 Å². The number of carbonyl (C=O) groups is 1. The number of para-hydroxylation sites is 1. The van der Waals surface area contributed by atoms with Gasteiger partial charge in [0, 0.05) is 23.2 Å². The summed E-state index contributed by atoms with van der Waals surface area (Å²) in [7, 11) is 0. The van der Waals surface area contributed by atoms with E-state index in [1.165, 1.54) is 0 Å². The molecule has 0 unspecified atom stereocenters. The third-order valence-corrected chi connectivity index (χ3v) is 2.55. The number of aromatic carboxylic acids is 1. The maximum absolute atomic E-state index is 11.0. The van der Waals surface area contributed by atoms with Gasteiger partial charge in [-0.25, -0.2) is 4.79 Å². The molecule has 1 N–H and O–H groups in total. The maximum Gasteiger partial charge on any atom is 0.352 e. The summed E-state index contributed by atoms with van der Waals surface area (Å²) in [6.07, 6.45) is 0. The summed E-state index contributed by atoms with van der Waals surface area (Å²) in [5.41, 5.74) is 1.27. The summed E-state index contributed by atoms with van der Waals surface area (Å²) < 4.78 is 1.78. The van der Waals surface area contributed by atoms with Crippen molar-refractivity contribution < 1.29 is 9.90 Å². The van der Waals surface area contributed by atoms with Crippen LogP contribution in [0.15, 0.2) is 30.3 Å². The highest BCUT2D eigenvalue weighted by Gasteiger charge is 2.13. The first-order chi connectivity index (χ1) is 7.24. The quantitative estimate of drug-likeness (QED) is 0.781. The number of carboxylic acid groups (broad SMARTS) is 1. The van der Waals surface area contributed by atoms with Crippen LogP contribution in [0.3, 0.4) is 0 Å². The summed E-state index contributed by atoms with van der Waals surface area (Å²) in [4.78, 5) is 11.0. The number of nitrogens with zero attached hydrogens (tertiary/aromatic N) is 1. The molecule has 0 fully saturated rings. The summed E-state index contributed by atoms with van der Waals surface area (Å²) >= 11 is 4.13. The molecule has 0 aliphatic carbocycles. The van der Waals surface area contributed by atoms with Crippen LogP contribution in [0, 0.1) is 0 Å². The van der Waals surface area contributed by atoms with E-state index in [4.69, 9.17) is 5.11 Å². The molecule has 0 radical (unpaired) electrons. The molecule has 3 nitrogen and oxygen atoms in total. The van der Waals surface area contributed by atoms with Crippen LogP contribution in [0.25, 0.3) is 10.9 Å². The smallest absolute Gasteiger partial charge is 0.352 e. The van der Waals surface area contributed by atoms with E-state index in [1.807, 2.05) is 24.3 Å². The second kappa shape index (κ2) is 3.98. The van der Waals surface area contributed by atoms with Gasteiger partial charge in [0.15, 0.2) is 0 Å². The molecule has 4 heteroatoms. The lowest BCUT2D eigenvalue weighted by molar-refractivity contribution is 0.0686. The van der Waals surface area contributed by atoms with Gasteiger partial charge in [0.2, 0.25) is 0 Å². The van der Waals surface area contributed by atoms with Crippen molar-refractivity contribution in [2.45, 2.75) is 6.54 Å². The molecule has 78 valence electrons. The third-order valence-electron chi connectivity index (χ3n) is 2.35. The summed E-state index contributed by atoms with van der Waals surface area (Å²) in [5.74, 6) is -0.271. The summed E-state index contributed by atoms with van der Waals surface area (Å²) in [5, 5.41) is 10.0. The normalized spacial score (nSPS) is 10.7. The summed E-state index contributed by atoms with van der Waals surface area (Å²) in [6, 6.07) is 9.34. The Kier molecular flexibility index (Phi) is 2.68. The average Bonchev–Trinajstić information content (AvgIpc) is 2.58. The molecule has 1 aromatic carbocycles. The molecule has 2 rings (SSSR count). The topological polar surface area (TPSA) is 42.2 Å². The van der Waals surface area contributed by atoms with Crippen molar-refractivity contribution >= 4 is 29.5 Å². The van der Waals surface area contributed by atoms with Crippen LogP contribution in [0.4, 0.5) is 0 Å². The molecule has 0 saturated carbocycles. The minimum atomic E-state index is -0.895. The first kappa shape index (κ1) is 10.1. The molecular formula is C11H11NO2S. The van der Waals surface area contributed by atoms with E-state index < -0.39 is 5.97 Å². The predicted octanol–water partition coefficient (Wildman–Crippen LogP) is 2.27. The summed E-state index contributed by atoms with van der Waals surface area (Å²) in [6.45, 7) is 0.609. The predicted molar refractivity (Wildman–Crippen MR) is 62.8 cm³/mol. The van der Waals surface area contributed by atoms with Crippen molar-refractivity contribution in [1.82, 2.24) is 4.57 Å². The Hall–Kier alpha value is -1.42. The van der Waals surface area contributed by atoms with Gasteiger partial charge < -0.3 is 9.67 Å². The van der Waals surface area contributed by atoms with Gasteiger partial charge in [0.25, 0.3) is 0 Å². The van der Waals surface area contributed by atoms with Crippen LogP contribution < -0.4 is 0 Å². The monoisotopic (exact) mass is 221 g/mol. The Morgan fingerprint density at radius 2 is 2.13 bits per heavy atom. The van der Waals surface area contributed by atoms with Crippen molar-refractivity contribution in [3.63, 3.8) is 0 Å². The molecule has 0 atom stereocenters. The Morgan fingerprint density at radius 3 is 2.80 bits per heavy atom. The van der Waals surface area contributed by atoms with Gasteiger partial charge in [-0.3, -0.25) is 0 Å². The van der Waals surface area contributed by atoms with Crippen molar-refractivity contribution in [2.75, 3.05) is 5.75 Å². The first-order valence-electron chi connectivity index (χ1n) is 4.66. The zero-order valence-electron chi connectivity index (χ0n) is 8.05. The van der Waals surface area contributed by atoms with Crippen LogP contribution in [-0.2, 0) is 6.54 Å². The lowest BCUT2D eigenvalue weighted by atomic mass is 10.2. The molecule has 1 heterocycles. The van der Waals surface area contributed by atoms with Crippen molar-refractivity contribution in [3.8, 4) is 0 Å². The number of fused-ring (bicyclic) bond motifs is 1. The lowest BCUT2D eigenvalue weighted by Crippen LogP contribution is -2.09. The van der Waals surface area contributed by atoms with Gasteiger partial charge in [0.05, 0.1) is 0 Å². The van der Waals surface area contributed by atoms with E-state index in [9.17, 15) is 4.79 Å². The Labute approximate surface area is 92.7 Å². The number of aromatic nitrogens is 1. The molecule has 1 aromatic heterocycles. The Balaban J connectivity index is 2.68. The van der Waals surface area contributed by atoms with Crippen LogP contribution >= 0.6 is 12.6 Å². The zero-order valence-corrected chi connectivity index (χ0v) is 8.95. The molecule has 15 heavy (non-hydrogen) atoms. The van der Waals surface area contributed by atoms with Crippen LogP contribution in [0.1, 0.15) is 10.5 Å². The first-order valence-corrected chi connectivity index (χ1v) is 5.29. The van der Waals surface area contributed by atoms with Crippen LogP contribution in [0.5, 0.6) is 0 Å². The molecule has 0 spiro atoms. The lowest BCUT2D eigenvalue weighted by Gasteiger charge is -2.05. The maximum atomic E-state index is 11.0. The minimum Gasteiger partial charge on any atom is -0.477 e. The minimum absolute atomic E-state index is 0.324. The van der Waals surface area contributed by atoms with E-state index >= 15 is 0 Å². The fourth-order valence-electron chi connectivity index (χ4n) is 1.73. The Bertz CT molecular complexity index is 504. The van der Waals surface area contributed by atoms with Crippen molar-refractivity contribution in [2.24, 2.45) is 0 Å². The molecule has 0 aliphatic rings. The van der Waals surface area contributed by atoms with E-state index in [0.717, 1.165) is 10.9 Å². The van der Waals surface area contributed by atoms with Crippen molar-refractivity contribution in [3.05, 3.63) is 36.0 Å². The number of carboxylic acids is 1. The van der Waals surface area contributed by atoms with Gasteiger partial charge in [-0.05, 0) is 12.1 Å². The number of rotatable bonds is 3. The largest absolute Gasteiger partial charge is 0.477 e. The average molecular weight is 221 g/mol. The number of aryl methyl sites for hydroxylation is 1. The molecule has 0 aliphatic heterocycles. The second-order valence-electron chi connectivity index (χ2n) is 3.27. The zero-order chi connectivity index (χ0) is 10.8. The van der Waals surface area contributed by atoms with Gasteiger partial charge >= 0.3 is 5.97 Å². The fraction of sp³-hybridized carbons (Fsp3) is 0.182. The number of benzene rings is 1. The van der Waals surface area contributed by atoms with E-state index in [1.54, 1.807) is 10.6 Å². The van der Waals surface area contributed by atoms with Crippen molar-refractivity contribution in [1.29, 1.82) is 0 Å². The highest BCUT2D eigenvalue weighted by Crippen LogP contribution is 2.19. The van der Waals surface area contributed by atoms with Gasteiger partial charge in [-0.1, -0.05) is 18.2 Å². The third kappa shape index (κ3) is 1.72. The van der Waals surface area contributed by atoms with Gasteiger partial charge in [0.1, 0.15) is 5.69 Å². The van der Waals surface area contributed by atoms with Crippen LogP contribution in [-0.4, -0.2) is 21.4 Å². The van der Waals surface area contributed by atoms with E-state index in [-0.39, 0.29) is 0 Å². The molecule has 0 bridgehead atoms. The fourth-order valence-corrected chi connectivity index (χ4v) is 1.93. The number of thiol groups is 1. The highest BCUT2D eigenvalue weighted by molar-refractivity contribution is 7.80. The van der Waals surface area contributed by atoms with Gasteiger partial charge in [-0.2, -0.15) is 12.6 Å². The van der Waals surface area contributed by atoms with Crippen LogP contribution in [0.2, 0.25) is 0 Å². The molecular weight excluding hydrogens is 210 g/mol. The number of hydrogen-bond donors (Lipinski definition) is 2. The molecule has 0 amide bonds.